The molecule has 1 N–H and O–H groups in total. The van der Waals surface area contributed by atoms with Gasteiger partial charge < -0.3 is 9.88 Å². The monoisotopic (exact) mass is 478 g/mol. The van der Waals surface area contributed by atoms with Crippen molar-refractivity contribution in [1.29, 1.82) is 0 Å². The lowest BCUT2D eigenvalue weighted by Crippen LogP contribution is -2.41. The Morgan fingerprint density at radius 1 is 1.06 bits per heavy atom. The number of piperidine rings is 1. The highest BCUT2D eigenvalue weighted by Crippen LogP contribution is 2.29. The molecule has 0 saturated carbocycles. The van der Waals surface area contributed by atoms with Crippen LogP contribution in [0.2, 0.25) is 0 Å². The zero-order valence-electron chi connectivity index (χ0n) is 19.4. The van der Waals surface area contributed by atoms with E-state index < -0.39 is 10.0 Å². The maximum atomic E-state index is 13.1. The van der Waals surface area contributed by atoms with Gasteiger partial charge in [-0.1, -0.05) is 18.2 Å². The summed E-state index contributed by atoms with van der Waals surface area (Å²) in [6.07, 6.45) is 7.84. The molecule has 0 atom stereocenters. The number of hydrogen-bond donors (Lipinski definition) is 1. The third-order valence-electron chi connectivity index (χ3n) is 7.03. The molecule has 1 saturated heterocycles. The summed E-state index contributed by atoms with van der Waals surface area (Å²) in [5.41, 5.74) is 4.30. The number of nitrogens with zero attached hydrogens (tertiary/aromatic N) is 3. The number of fused-ring (bicyclic) bond motifs is 1. The molecule has 1 fully saturated rings. The van der Waals surface area contributed by atoms with Gasteiger partial charge in [0.2, 0.25) is 15.9 Å². The van der Waals surface area contributed by atoms with Crippen LogP contribution in [0.5, 0.6) is 0 Å². The molecule has 0 bridgehead atoms. The minimum atomic E-state index is -3.53. The Bertz CT molecular complexity index is 1290. The first kappa shape index (κ1) is 22.8. The molecular formula is C26H30N4O3S. The van der Waals surface area contributed by atoms with E-state index in [9.17, 15) is 13.2 Å². The molecule has 2 aliphatic rings. The van der Waals surface area contributed by atoms with E-state index in [4.69, 9.17) is 0 Å². The van der Waals surface area contributed by atoms with Gasteiger partial charge in [-0.3, -0.25) is 4.79 Å². The van der Waals surface area contributed by atoms with E-state index in [2.05, 4.69) is 14.9 Å². The number of amides is 1. The van der Waals surface area contributed by atoms with Crippen LogP contribution in [-0.2, 0) is 34.2 Å². The van der Waals surface area contributed by atoms with E-state index in [0.29, 0.717) is 30.8 Å². The van der Waals surface area contributed by atoms with Crippen molar-refractivity contribution in [2.75, 3.05) is 18.4 Å². The first-order valence-corrected chi connectivity index (χ1v) is 13.3. The van der Waals surface area contributed by atoms with Gasteiger partial charge in [-0.2, -0.15) is 4.31 Å². The van der Waals surface area contributed by atoms with Crippen molar-refractivity contribution in [2.24, 2.45) is 5.92 Å². The van der Waals surface area contributed by atoms with Crippen LogP contribution in [0.3, 0.4) is 0 Å². The van der Waals surface area contributed by atoms with Gasteiger partial charge in [-0.15, -0.1) is 0 Å². The summed E-state index contributed by atoms with van der Waals surface area (Å²) in [5, 5.41) is 3.00. The van der Waals surface area contributed by atoms with Crippen LogP contribution in [0.25, 0.3) is 0 Å². The summed E-state index contributed by atoms with van der Waals surface area (Å²) in [6, 6.07) is 13.4. The third-order valence-corrected chi connectivity index (χ3v) is 8.93. The number of hydrogen-bond acceptors (Lipinski definition) is 4. The number of nitrogens with one attached hydrogen (secondary N) is 1. The molecule has 178 valence electrons. The van der Waals surface area contributed by atoms with Gasteiger partial charge in [0.05, 0.1) is 4.90 Å². The molecule has 2 aromatic carbocycles. The molecule has 5 rings (SSSR count). The zero-order valence-corrected chi connectivity index (χ0v) is 20.2. The second-order valence-electron chi connectivity index (χ2n) is 9.25. The minimum Gasteiger partial charge on any atom is -0.331 e. The van der Waals surface area contributed by atoms with Crippen molar-refractivity contribution in [3.05, 3.63) is 77.4 Å². The Balaban J connectivity index is 1.16. The molecule has 0 spiro atoms. The highest BCUT2D eigenvalue weighted by Gasteiger charge is 2.32. The molecule has 8 heteroatoms. The van der Waals surface area contributed by atoms with Crippen LogP contribution in [0.15, 0.2) is 59.8 Å². The summed E-state index contributed by atoms with van der Waals surface area (Å²) >= 11 is 0. The molecule has 3 aromatic rings. The molecular weight excluding hydrogens is 448 g/mol. The number of imidazole rings is 1. The predicted molar refractivity (Wildman–Crippen MR) is 131 cm³/mol. The molecule has 1 amide bonds. The number of sulfonamides is 1. The number of anilines is 1. The Hall–Kier alpha value is -2.97. The number of rotatable bonds is 6. The molecule has 1 aliphatic heterocycles. The van der Waals surface area contributed by atoms with Crippen LogP contribution in [0.1, 0.15) is 41.8 Å². The van der Waals surface area contributed by atoms with Crippen molar-refractivity contribution in [2.45, 2.75) is 50.5 Å². The summed E-state index contributed by atoms with van der Waals surface area (Å²) in [6.45, 7) is 3.43. The first-order chi connectivity index (χ1) is 16.4. The van der Waals surface area contributed by atoms with Gasteiger partial charge in [-0.05, 0) is 80.0 Å². The van der Waals surface area contributed by atoms with Gasteiger partial charge >= 0.3 is 0 Å². The summed E-state index contributed by atoms with van der Waals surface area (Å²) in [5.74, 6) is 0.717. The number of aromatic nitrogens is 2. The van der Waals surface area contributed by atoms with Gasteiger partial charge in [0, 0.05) is 43.6 Å². The summed E-state index contributed by atoms with van der Waals surface area (Å²) < 4.78 is 29.9. The van der Waals surface area contributed by atoms with Gasteiger partial charge in [-0.25, -0.2) is 13.4 Å². The molecule has 1 aromatic heterocycles. The molecule has 2 heterocycles. The summed E-state index contributed by atoms with van der Waals surface area (Å²) in [4.78, 5) is 17.4. The molecule has 7 nitrogen and oxygen atoms in total. The predicted octanol–water partition coefficient (Wildman–Crippen LogP) is 3.77. The fourth-order valence-electron chi connectivity index (χ4n) is 4.92. The fraction of sp³-hybridized carbons (Fsp3) is 0.385. The van der Waals surface area contributed by atoms with Crippen LogP contribution in [0.4, 0.5) is 5.69 Å². The van der Waals surface area contributed by atoms with Crippen LogP contribution in [-0.4, -0.2) is 41.3 Å². The lowest BCUT2D eigenvalue weighted by Gasteiger charge is -2.30. The number of aryl methyl sites for hydroxylation is 3. The Labute approximate surface area is 200 Å². The van der Waals surface area contributed by atoms with E-state index in [-0.39, 0.29) is 11.8 Å². The van der Waals surface area contributed by atoms with Gasteiger partial charge in [0.15, 0.2) is 0 Å². The molecule has 34 heavy (non-hydrogen) atoms. The SMILES string of the molecule is Cc1nccn1Cc1ccc(NC(=O)C2CCN(S(=O)(=O)c3ccc4c(c3)CCC4)CC2)cc1. The van der Waals surface area contributed by atoms with Crippen molar-refractivity contribution in [3.8, 4) is 0 Å². The van der Waals surface area contributed by atoms with Crippen LogP contribution < -0.4 is 5.32 Å². The highest BCUT2D eigenvalue weighted by molar-refractivity contribution is 7.89. The van der Waals surface area contributed by atoms with E-state index in [1.165, 1.54) is 9.87 Å². The minimum absolute atomic E-state index is 0.0483. The Morgan fingerprint density at radius 3 is 2.50 bits per heavy atom. The van der Waals surface area contributed by atoms with Crippen LogP contribution >= 0.6 is 0 Å². The average Bonchev–Trinajstić information content (AvgIpc) is 3.48. The van der Waals surface area contributed by atoms with Crippen molar-refractivity contribution < 1.29 is 13.2 Å². The van der Waals surface area contributed by atoms with Crippen molar-refractivity contribution in [1.82, 2.24) is 13.9 Å². The quantitative estimate of drug-likeness (QED) is 0.585. The second kappa shape index (κ2) is 9.35. The molecule has 1 aliphatic carbocycles. The van der Waals surface area contributed by atoms with Crippen LogP contribution in [0, 0.1) is 12.8 Å². The topological polar surface area (TPSA) is 84.3 Å². The summed E-state index contributed by atoms with van der Waals surface area (Å²) in [7, 11) is -3.53. The highest BCUT2D eigenvalue weighted by atomic mass is 32.2. The van der Waals surface area contributed by atoms with Gasteiger partial charge in [0.1, 0.15) is 5.82 Å². The average molecular weight is 479 g/mol. The standard InChI is InChI=1S/C26H30N4O3S/c1-19-27-13-16-29(19)18-20-5-8-24(9-6-20)28-26(31)22-11-14-30(15-12-22)34(32,33)25-10-7-21-3-2-4-23(21)17-25/h5-10,13,16-17,22H,2-4,11-12,14-15,18H2,1H3,(H,28,31). The number of benzene rings is 2. The third kappa shape index (κ3) is 4.65. The van der Waals surface area contributed by atoms with E-state index in [1.807, 2.05) is 49.5 Å². The smallest absolute Gasteiger partial charge is 0.243 e. The van der Waals surface area contributed by atoms with E-state index in [0.717, 1.165) is 48.4 Å². The Kier molecular flexibility index (Phi) is 6.27. The second-order valence-corrected chi connectivity index (χ2v) is 11.2. The van der Waals surface area contributed by atoms with Crippen molar-refractivity contribution in [3.63, 3.8) is 0 Å². The number of carbonyl (C=O) groups excluding carboxylic acids is 1. The normalized spacial score (nSPS) is 17.0. The maximum Gasteiger partial charge on any atom is 0.243 e. The number of carbonyl (C=O) groups is 1. The first-order valence-electron chi connectivity index (χ1n) is 11.9. The zero-order chi connectivity index (χ0) is 23.7. The van der Waals surface area contributed by atoms with E-state index >= 15 is 0 Å². The lowest BCUT2D eigenvalue weighted by atomic mass is 9.97. The Morgan fingerprint density at radius 2 is 1.79 bits per heavy atom. The lowest BCUT2D eigenvalue weighted by molar-refractivity contribution is -0.120. The van der Waals surface area contributed by atoms with Crippen molar-refractivity contribution >= 4 is 21.6 Å². The van der Waals surface area contributed by atoms with Gasteiger partial charge in [0.25, 0.3) is 0 Å². The largest absolute Gasteiger partial charge is 0.331 e. The maximum absolute atomic E-state index is 13.1. The molecule has 0 unspecified atom stereocenters. The molecule has 0 radical (unpaired) electrons. The fourth-order valence-corrected chi connectivity index (χ4v) is 6.44. The van der Waals surface area contributed by atoms with E-state index in [1.54, 1.807) is 12.3 Å².